The van der Waals surface area contributed by atoms with Gasteiger partial charge in [-0.2, -0.15) is 0 Å². The third-order valence-electron chi connectivity index (χ3n) is 3.46. The van der Waals surface area contributed by atoms with E-state index in [1.165, 1.54) is 25.2 Å². The normalized spacial score (nSPS) is 11.6. The molecule has 8 heteroatoms. The summed E-state index contributed by atoms with van der Waals surface area (Å²) in [4.78, 5) is 10.2. The van der Waals surface area contributed by atoms with Gasteiger partial charge in [-0.05, 0) is 18.1 Å². The Hall–Kier alpha value is -1.67. The largest absolute Gasteiger partial charge is 0.383 e. The second-order valence-corrected chi connectivity index (χ2v) is 6.43. The van der Waals surface area contributed by atoms with Crippen molar-refractivity contribution in [2.45, 2.75) is 31.6 Å². The molecule has 0 amide bonds. The Morgan fingerprint density at radius 1 is 1.29 bits per heavy atom. The molecule has 1 aromatic carbocycles. The van der Waals surface area contributed by atoms with Crippen LogP contribution in [0.2, 0.25) is 0 Å². The molecule has 0 aliphatic carbocycles. The first-order chi connectivity index (χ1) is 9.87. The summed E-state index contributed by atoms with van der Waals surface area (Å²) in [6.07, 6.45) is 1.69. The average Bonchev–Trinajstić information content (AvgIpc) is 2.47. The summed E-state index contributed by atoms with van der Waals surface area (Å²) in [5.41, 5.74) is -0.262. The lowest BCUT2D eigenvalue weighted by Gasteiger charge is -2.14. The van der Waals surface area contributed by atoms with Gasteiger partial charge in [-0.15, -0.1) is 0 Å². The Morgan fingerprint density at radius 2 is 1.90 bits per heavy atom. The van der Waals surface area contributed by atoms with Crippen molar-refractivity contribution in [2.75, 3.05) is 18.9 Å². The predicted octanol–water partition coefficient (Wildman–Crippen LogP) is 2.35. The fraction of sp³-hybridized carbons (Fsp3) is 0.538. The maximum Gasteiger partial charge on any atom is 0.312 e. The molecule has 0 saturated carbocycles. The van der Waals surface area contributed by atoms with Gasteiger partial charge < -0.3 is 5.32 Å². The SMILES string of the molecule is CCC(CC)CNS(=O)(=O)c1cccc(NC)c1[N+](=O)[O-]. The van der Waals surface area contributed by atoms with Crippen molar-refractivity contribution in [1.82, 2.24) is 4.72 Å². The number of para-hydroxylation sites is 1. The van der Waals surface area contributed by atoms with Crippen LogP contribution in [-0.4, -0.2) is 26.9 Å². The molecule has 0 saturated heterocycles. The van der Waals surface area contributed by atoms with Crippen molar-refractivity contribution in [3.8, 4) is 0 Å². The van der Waals surface area contributed by atoms with Crippen molar-refractivity contribution in [3.63, 3.8) is 0 Å². The van der Waals surface area contributed by atoms with Crippen molar-refractivity contribution in [1.29, 1.82) is 0 Å². The lowest BCUT2D eigenvalue weighted by atomic mass is 10.0. The zero-order chi connectivity index (χ0) is 16.0. The Balaban J connectivity index is 3.17. The zero-order valence-electron chi connectivity index (χ0n) is 12.4. The minimum atomic E-state index is -3.92. The number of nitro benzene ring substituents is 1. The Morgan fingerprint density at radius 3 is 2.38 bits per heavy atom. The summed E-state index contributed by atoms with van der Waals surface area (Å²) in [5.74, 6) is 0.214. The van der Waals surface area contributed by atoms with Crippen LogP contribution in [0.15, 0.2) is 23.1 Å². The van der Waals surface area contributed by atoms with Crippen molar-refractivity contribution in [2.24, 2.45) is 5.92 Å². The number of nitrogens with one attached hydrogen (secondary N) is 2. The Kier molecular flexibility index (Phi) is 6.10. The smallest absolute Gasteiger partial charge is 0.312 e. The molecule has 0 atom stereocenters. The van der Waals surface area contributed by atoms with E-state index in [-0.39, 0.29) is 23.0 Å². The van der Waals surface area contributed by atoms with Gasteiger partial charge in [0.15, 0.2) is 4.90 Å². The second kappa shape index (κ2) is 7.37. The highest BCUT2D eigenvalue weighted by molar-refractivity contribution is 7.89. The molecule has 0 unspecified atom stereocenters. The van der Waals surface area contributed by atoms with E-state index in [0.29, 0.717) is 0 Å². The monoisotopic (exact) mass is 315 g/mol. The molecule has 21 heavy (non-hydrogen) atoms. The van der Waals surface area contributed by atoms with Gasteiger partial charge in [-0.1, -0.05) is 32.8 Å². The summed E-state index contributed by atoms with van der Waals surface area (Å²) in [7, 11) is -2.41. The van der Waals surface area contributed by atoms with E-state index >= 15 is 0 Å². The molecule has 1 rings (SSSR count). The minimum absolute atomic E-state index is 0.172. The Bertz CT molecular complexity index is 597. The number of sulfonamides is 1. The maximum atomic E-state index is 12.3. The van der Waals surface area contributed by atoms with Crippen LogP contribution in [0.25, 0.3) is 0 Å². The molecule has 0 fully saturated rings. The maximum absolute atomic E-state index is 12.3. The zero-order valence-corrected chi connectivity index (χ0v) is 13.2. The molecular formula is C13H21N3O4S. The fourth-order valence-electron chi connectivity index (χ4n) is 2.01. The summed E-state index contributed by atoms with van der Waals surface area (Å²) in [6.45, 7) is 4.23. The van der Waals surface area contributed by atoms with Gasteiger partial charge in [-0.25, -0.2) is 13.1 Å². The van der Waals surface area contributed by atoms with E-state index in [1.807, 2.05) is 13.8 Å². The molecule has 0 spiro atoms. The van der Waals surface area contributed by atoms with Crippen molar-refractivity contribution >= 4 is 21.4 Å². The summed E-state index contributed by atoms with van der Waals surface area (Å²) >= 11 is 0. The molecular weight excluding hydrogens is 294 g/mol. The van der Waals surface area contributed by atoms with E-state index < -0.39 is 20.6 Å². The van der Waals surface area contributed by atoms with Gasteiger partial charge in [-0.3, -0.25) is 10.1 Å². The quantitative estimate of drug-likeness (QED) is 0.566. The first-order valence-electron chi connectivity index (χ1n) is 6.82. The van der Waals surface area contributed by atoms with Crippen LogP contribution in [0, 0.1) is 16.0 Å². The van der Waals surface area contributed by atoms with Crippen LogP contribution in [0.5, 0.6) is 0 Å². The van der Waals surface area contributed by atoms with E-state index in [0.717, 1.165) is 12.8 Å². The van der Waals surface area contributed by atoms with Gasteiger partial charge in [0.2, 0.25) is 10.0 Å². The Labute approximate surface area is 124 Å². The fourth-order valence-corrected chi connectivity index (χ4v) is 3.32. The van der Waals surface area contributed by atoms with Crippen LogP contribution in [0.3, 0.4) is 0 Å². The molecule has 118 valence electrons. The number of rotatable bonds is 8. The van der Waals surface area contributed by atoms with Crippen molar-refractivity contribution < 1.29 is 13.3 Å². The lowest BCUT2D eigenvalue weighted by Crippen LogP contribution is -2.29. The number of anilines is 1. The van der Waals surface area contributed by atoms with E-state index in [4.69, 9.17) is 0 Å². The number of nitrogens with zero attached hydrogens (tertiary/aromatic N) is 1. The number of nitro groups is 1. The van der Waals surface area contributed by atoms with Crippen LogP contribution >= 0.6 is 0 Å². The van der Waals surface area contributed by atoms with Crippen LogP contribution in [0.4, 0.5) is 11.4 Å². The predicted molar refractivity (Wildman–Crippen MR) is 81.9 cm³/mol. The van der Waals surface area contributed by atoms with Gasteiger partial charge in [0.05, 0.1) is 4.92 Å². The van der Waals surface area contributed by atoms with E-state index in [1.54, 1.807) is 0 Å². The first kappa shape index (κ1) is 17.4. The summed E-state index contributed by atoms with van der Waals surface area (Å²) < 4.78 is 27.1. The van der Waals surface area contributed by atoms with Crippen molar-refractivity contribution in [3.05, 3.63) is 28.3 Å². The molecule has 2 N–H and O–H groups in total. The molecule has 0 aliphatic heterocycles. The average molecular weight is 315 g/mol. The topological polar surface area (TPSA) is 101 Å². The number of hydrogen-bond donors (Lipinski definition) is 2. The molecule has 0 aromatic heterocycles. The molecule has 1 aromatic rings. The highest BCUT2D eigenvalue weighted by Crippen LogP contribution is 2.31. The molecule has 0 aliphatic rings. The van der Waals surface area contributed by atoms with Crippen LogP contribution in [0.1, 0.15) is 26.7 Å². The van der Waals surface area contributed by atoms with Crippen LogP contribution < -0.4 is 10.0 Å². The summed E-state index contributed by atoms with van der Waals surface area (Å²) in [6, 6.07) is 4.19. The second-order valence-electron chi connectivity index (χ2n) is 4.69. The lowest BCUT2D eigenvalue weighted by molar-refractivity contribution is -0.386. The highest BCUT2D eigenvalue weighted by atomic mass is 32.2. The standard InChI is InChI=1S/C13H21N3O4S/c1-4-10(5-2)9-15-21(19,20)12-8-6-7-11(14-3)13(12)16(17)18/h6-8,10,14-15H,4-5,9H2,1-3H3. The third-order valence-corrected chi connectivity index (χ3v) is 4.91. The van der Waals surface area contributed by atoms with E-state index in [2.05, 4.69) is 10.0 Å². The molecule has 7 nitrogen and oxygen atoms in total. The minimum Gasteiger partial charge on any atom is -0.383 e. The van der Waals surface area contributed by atoms with Gasteiger partial charge in [0.25, 0.3) is 0 Å². The third kappa shape index (κ3) is 4.15. The van der Waals surface area contributed by atoms with Gasteiger partial charge in [0, 0.05) is 13.6 Å². The number of hydrogen-bond acceptors (Lipinski definition) is 5. The summed E-state index contributed by atoms with van der Waals surface area (Å²) in [5, 5.41) is 13.8. The highest BCUT2D eigenvalue weighted by Gasteiger charge is 2.28. The molecule has 0 heterocycles. The first-order valence-corrected chi connectivity index (χ1v) is 8.30. The van der Waals surface area contributed by atoms with Gasteiger partial charge in [0.1, 0.15) is 5.69 Å². The molecule has 0 radical (unpaired) electrons. The molecule has 0 bridgehead atoms. The number of benzene rings is 1. The van der Waals surface area contributed by atoms with E-state index in [9.17, 15) is 18.5 Å². The van der Waals surface area contributed by atoms with Gasteiger partial charge >= 0.3 is 5.69 Å². The van der Waals surface area contributed by atoms with Crippen LogP contribution in [-0.2, 0) is 10.0 Å².